The highest BCUT2D eigenvalue weighted by molar-refractivity contribution is 7.98. The number of nitrogens with zero attached hydrogens (tertiary/aromatic N) is 2. The van der Waals surface area contributed by atoms with Gasteiger partial charge in [-0.2, -0.15) is 11.8 Å². The zero-order chi connectivity index (χ0) is 11.3. The van der Waals surface area contributed by atoms with Crippen LogP contribution in [0.1, 0.15) is 18.7 Å². The van der Waals surface area contributed by atoms with E-state index in [9.17, 15) is 5.11 Å². The first-order valence-electron chi connectivity index (χ1n) is 4.99. The molecule has 0 saturated carbocycles. The van der Waals surface area contributed by atoms with Crippen molar-refractivity contribution in [3.63, 3.8) is 0 Å². The predicted molar refractivity (Wildman–Crippen MR) is 66.5 cm³/mol. The molecule has 84 valence electrons. The van der Waals surface area contributed by atoms with Gasteiger partial charge in [0, 0.05) is 19.3 Å². The Bertz CT molecular complexity index is 287. The largest absolute Gasteiger partial charge is 0.387 e. The highest BCUT2D eigenvalue weighted by atomic mass is 32.2. The number of pyridine rings is 1. The zero-order valence-electron chi connectivity index (χ0n) is 9.47. The normalized spacial score (nSPS) is 12.5. The molecular formula is C11H18N2OS. The van der Waals surface area contributed by atoms with Crippen LogP contribution in [-0.4, -0.2) is 35.7 Å². The molecule has 4 heteroatoms. The second-order valence-electron chi connectivity index (χ2n) is 3.53. The third kappa shape index (κ3) is 3.72. The molecule has 1 rings (SSSR count). The van der Waals surface area contributed by atoms with E-state index in [1.165, 1.54) is 0 Å². The van der Waals surface area contributed by atoms with Gasteiger partial charge >= 0.3 is 0 Å². The van der Waals surface area contributed by atoms with Crippen molar-refractivity contribution in [2.75, 3.05) is 30.5 Å². The maximum Gasteiger partial charge on any atom is 0.0931 e. The highest BCUT2D eigenvalue weighted by Gasteiger charge is 2.04. The highest BCUT2D eigenvalue weighted by Crippen LogP contribution is 2.15. The average Bonchev–Trinajstić information content (AvgIpc) is 2.26. The van der Waals surface area contributed by atoms with Gasteiger partial charge in [-0.1, -0.05) is 0 Å². The van der Waals surface area contributed by atoms with Crippen LogP contribution in [0.5, 0.6) is 0 Å². The van der Waals surface area contributed by atoms with Crippen LogP contribution in [0, 0.1) is 0 Å². The molecule has 0 aromatic carbocycles. The van der Waals surface area contributed by atoms with Gasteiger partial charge in [-0.05, 0) is 25.3 Å². The van der Waals surface area contributed by atoms with Crippen LogP contribution in [0.2, 0.25) is 0 Å². The molecule has 0 saturated heterocycles. The number of rotatable bonds is 5. The number of aliphatic hydroxyl groups excluding tert-OH is 1. The number of anilines is 1. The van der Waals surface area contributed by atoms with Crippen molar-refractivity contribution in [2.45, 2.75) is 13.0 Å². The first-order valence-corrected chi connectivity index (χ1v) is 6.38. The molecule has 0 radical (unpaired) electrons. The number of hydrogen-bond donors (Lipinski definition) is 1. The van der Waals surface area contributed by atoms with Crippen molar-refractivity contribution in [1.29, 1.82) is 0 Å². The van der Waals surface area contributed by atoms with Crippen LogP contribution >= 0.6 is 11.8 Å². The second kappa shape index (κ2) is 5.98. The molecule has 0 amide bonds. The Morgan fingerprint density at radius 3 is 2.73 bits per heavy atom. The van der Waals surface area contributed by atoms with E-state index < -0.39 is 6.10 Å². The van der Waals surface area contributed by atoms with Gasteiger partial charge in [0.15, 0.2) is 0 Å². The van der Waals surface area contributed by atoms with E-state index in [4.69, 9.17) is 0 Å². The lowest BCUT2D eigenvalue weighted by Gasteiger charge is -2.18. The molecule has 0 fully saturated rings. The van der Waals surface area contributed by atoms with E-state index in [0.29, 0.717) is 0 Å². The van der Waals surface area contributed by atoms with Crippen LogP contribution in [0.25, 0.3) is 0 Å². The lowest BCUT2D eigenvalue weighted by Crippen LogP contribution is -2.20. The number of aromatic nitrogens is 1. The summed E-state index contributed by atoms with van der Waals surface area (Å²) in [5, 5.41) is 9.32. The van der Waals surface area contributed by atoms with Gasteiger partial charge in [0.05, 0.1) is 23.7 Å². The summed E-state index contributed by atoms with van der Waals surface area (Å²) in [5.41, 5.74) is 1.81. The fraction of sp³-hybridized carbons (Fsp3) is 0.545. The summed E-state index contributed by atoms with van der Waals surface area (Å²) in [7, 11) is 2.05. The minimum absolute atomic E-state index is 0.490. The fourth-order valence-corrected chi connectivity index (χ4v) is 1.68. The molecule has 0 aliphatic heterocycles. The molecule has 15 heavy (non-hydrogen) atoms. The quantitative estimate of drug-likeness (QED) is 0.832. The summed E-state index contributed by atoms with van der Waals surface area (Å²) in [6.07, 6.45) is 3.42. The summed E-state index contributed by atoms with van der Waals surface area (Å²) in [6.45, 7) is 2.73. The van der Waals surface area contributed by atoms with Crippen LogP contribution in [0.3, 0.4) is 0 Å². The summed E-state index contributed by atoms with van der Waals surface area (Å²) in [6, 6.07) is 3.87. The molecule has 0 spiro atoms. The van der Waals surface area contributed by atoms with E-state index in [0.717, 1.165) is 23.7 Å². The average molecular weight is 226 g/mol. The van der Waals surface area contributed by atoms with Crippen LogP contribution in [-0.2, 0) is 0 Å². The van der Waals surface area contributed by atoms with Gasteiger partial charge in [-0.25, -0.2) is 0 Å². The van der Waals surface area contributed by atoms with E-state index in [-0.39, 0.29) is 0 Å². The number of aliphatic hydroxyl groups is 1. The minimum atomic E-state index is -0.490. The Hall–Kier alpha value is -0.740. The molecular weight excluding hydrogens is 208 g/mol. The van der Waals surface area contributed by atoms with E-state index in [1.54, 1.807) is 6.92 Å². The third-order valence-corrected chi connectivity index (χ3v) is 2.86. The summed E-state index contributed by atoms with van der Waals surface area (Å²) in [4.78, 5) is 6.37. The Balaban J connectivity index is 2.62. The van der Waals surface area contributed by atoms with Gasteiger partial charge in [0.1, 0.15) is 0 Å². The van der Waals surface area contributed by atoms with E-state index in [2.05, 4.69) is 23.2 Å². The smallest absolute Gasteiger partial charge is 0.0931 e. The summed E-state index contributed by atoms with van der Waals surface area (Å²) in [5.74, 6) is 1.11. The maximum atomic E-state index is 9.32. The van der Waals surface area contributed by atoms with Crippen molar-refractivity contribution in [3.05, 3.63) is 24.0 Å². The molecule has 1 N–H and O–H groups in total. The van der Waals surface area contributed by atoms with Gasteiger partial charge in [-0.15, -0.1) is 0 Å². The molecule has 1 aromatic heterocycles. The molecule has 1 aromatic rings. The lowest BCUT2D eigenvalue weighted by molar-refractivity contribution is 0.194. The zero-order valence-corrected chi connectivity index (χ0v) is 10.3. The molecule has 3 nitrogen and oxygen atoms in total. The van der Waals surface area contributed by atoms with Crippen LogP contribution in [0.15, 0.2) is 18.3 Å². The van der Waals surface area contributed by atoms with Crippen LogP contribution in [0.4, 0.5) is 5.69 Å². The molecule has 1 heterocycles. The standard InChI is InChI=1S/C11H18N2OS/c1-9(14)11-5-4-10(8-12-11)13(2)6-7-15-3/h4-5,8-9,14H,6-7H2,1-3H3/t9-/m0/s1. The van der Waals surface area contributed by atoms with E-state index in [1.807, 2.05) is 30.1 Å². The van der Waals surface area contributed by atoms with Crippen molar-refractivity contribution in [1.82, 2.24) is 4.98 Å². The fourth-order valence-electron chi connectivity index (χ4n) is 1.23. The third-order valence-electron chi connectivity index (χ3n) is 2.27. The molecule has 0 bridgehead atoms. The Labute approximate surface area is 95.5 Å². The summed E-state index contributed by atoms with van der Waals surface area (Å²) >= 11 is 1.83. The van der Waals surface area contributed by atoms with Crippen molar-refractivity contribution in [3.8, 4) is 0 Å². The maximum absolute atomic E-state index is 9.32. The van der Waals surface area contributed by atoms with Gasteiger partial charge in [0.2, 0.25) is 0 Å². The van der Waals surface area contributed by atoms with Crippen molar-refractivity contribution in [2.24, 2.45) is 0 Å². The second-order valence-corrected chi connectivity index (χ2v) is 4.52. The SMILES string of the molecule is CSCCN(C)c1ccc([C@H](C)O)nc1. The van der Waals surface area contributed by atoms with Gasteiger partial charge in [-0.3, -0.25) is 4.98 Å². The topological polar surface area (TPSA) is 36.4 Å². The molecule has 0 aliphatic rings. The van der Waals surface area contributed by atoms with Gasteiger partial charge < -0.3 is 10.0 Å². The first-order chi connectivity index (χ1) is 7.15. The first kappa shape index (κ1) is 12.3. The Morgan fingerprint density at radius 2 is 2.27 bits per heavy atom. The Kier molecular flexibility index (Phi) is 4.91. The molecule has 0 aliphatic carbocycles. The Morgan fingerprint density at radius 1 is 1.53 bits per heavy atom. The lowest BCUT2D eigenvalue weighted by atomic mass is 10.2. The predicted octanol–water partition coefficient (Wildman–Crippen LogP) is 1.93. The summed E-state index contributed by atoms with van der Waals surface area (Å²) < 4.78 is 0. The minimum Gasteiger partial charge on any atom is -0.387 e. The van der Waals surface area contributed by atoms with Crippen molar-refractivity contribution >= 4 is 17.4 Å². The van der Waals surface area contributed by atoms with Crippen LogP contribution < -0.4 is 4.90 Å². The van der Waals surface area contributed by atoms with E-state index >= 15 is 0 Å². The molecule has 0 unspecified atom stereocenters. The molecule has 1 atom stereocenters. The van der Waals surface area contributed by atoms with Gasteiger partial charge in [0.25, 0.3) is 0 Å². The number of hydrogen-bond acceptors (Lipinski definition) is 4. The number of thioether (sulfide) groups is 1. The monoisotopic (exact) mass is 226 g/mol. The van der Waals surface area contributed by atoms with Crippen molar-refractivity contribution < 1.29 is 5.11 Å².